The van der Waals surface area contributed by atoms with E-state index in [0.29, 0.717) is 48.6 Å². The molecule has 0 aliphatic carbocycles. The van der Waals surface area contributed by atoms with E-state index in [9.17, 15) is 14.4 Å². The van der Waals surface area contributed by atoms with E-state index in [-0.39, 0.29) is 25.0 Å². The van der Waals surface area contributed by atoms with E-state index >= 15 is 0 Å². The van der Waals surface area contributed by atoms with Gasteiger partial charge in [0.25, 0.3) is 5.91 Å². The van der Waals surface area contributed by atoms with Crippen LogP contribution in [0.25, 0.3) is 0 Å². The molecule has 1 heterocycles. The highest BCUT2D eigenvalue weighted by atomic mass is 35.5. The van der Waals surface area contributed by atoms with Crippen LogP contribution >= 0.6 is 11.6 Å². The number of rotatable bonds is 9. The third kappa shape index (κ3) is 6.71. The molecule has 0 saturated carbocycles. The first-order valence-electron chi connectivity index (χ1n) is 11.0. The summed E-state index contributed by atoms with van der Waals surface area (Å²) >= 11 is 6.04. The molecule has 1 aliphatic heterocycles. The molecule has 176 valence electrons. The summed E-state index contributed by atoms with van der Waals surface area (Å²) in [5.41, 5.74) is 2.59. The van der Waals surface area contributed by atoms with Crippen LogP contribution in [0.5, 0.6) is 5.75 Å². The van der Waals surface area contributed by atoms with Gasteiger partial charge in [-0.3, -0.25) is 9.59 Å². The zero-order valence-corrected chi connectivity index (χ0v) is 19.7. The summed E-state index contributed by atoms with van der Waals surface area (Å²) in [6.45, 7) is 2.74. The van der Waals surface area contributed by atoms with Crippen molar-refractivity contribution in [1.29, 1.82) is 0 Å². The van der Waals surface area contributed by atoms with Crippen molar-refractivity contribution in [2.24, 2.45) is 0 Å². The van der Waals surface area contributed by atoms with Crippen LogP contribution in [0.1, 0.15) is 40.7 Å². The van der Waals surface area contributed by atoms with E-state index in [1.54, 1.807) is 12.1 Å². The minimum Gasteiger partial charge on any atom is -0.496 e. The lowest BCUT2D eigenvalue weighted by molar-refractivity contribution is -0.148. The lowest BCUT2D eigenvalue weighted by Crippen LogP contribution is -2.42. The maximum atomic E-state index is 13.0. The van der Waals surface area contributed by atoms with Crippen LogP contribution in [0.3, 0.4) is 0 Å². The Hall–Kier alpha value is -3.06. The van der Waals surface area contributed by atoms with E-state index in [4.69, 9.17) is 21.1 Å². The number of hydrogen-bond acceptors (Lipinski definition) is 5. The SMILES string of the molecule is COc1ccc(Cl)cc1C(=O)N1CCCC1C(=O)OCCNC(=O)CCc1ccc(C)cc1. The standard InChI is InChI=1S/C25H29ClN2O5/c1-17-5-7-18(8-6-17)9-12-23(29)27-13-15-33-25(31)21-4-3-14-28(21)24(30)20-16-19(26)10-11-22(20)32-2/h5-8,10-11,16,21H,3-4,9,12-15H2,1-2H3,(H,27,29). The highest BCUT2D eigenvalue weighted by Crippen LogP contribution is 2.28. The Labute approximate surface area is 199 Å². The summed E-state index contributed by atoms with van der Waals surface area (Å²) in [7, 11) is 1.48. The Balaban J connectivity index is 1.45. The van der Waals surface area contributed by atoms with Crippen LogP contribution in [-0.2, 0) is 20.7 Å². The first-order valence-corrected chi connectivity index (χ1v) is 11.4. The number of halogens is 1. The van der Waals surface area contributed by atoms with Gasteiger partial charge in [0.05, 0.1) is 19.2 Å². The molecule has 1 aliphatic rings. The molecule has 2 aromatic rings. The summed E-state index contributed by atoms with van der Waals surface area (Å²) in [5.74, 6) is -0.497. The fourth-order valence-electron chi connectivity index (χ4n) is 3.80. The van der Waals surface area contributed by atoms with Crippen molar-refractivity contribution in [2.75, 3.05) is 26.8 Å². The Morgan fingerprint density at radius 2 is 1.91 bits per heavy atom. The molecule has 0 aromatic heterocycles. The first kappa shape index (κ1) is 24.6. The maximum absolute atomic E-state index is 13.0. The largest absolute Gasteiger partial charge is 0.496 e. The van der Waals surface area contributed by atoms with Crippen molar-refractivity contribution >= 4 is 29.4 Å². The average Bonchev–Trinajstić information content (AvgIpc) is 3.31. The van der Waals surface area contributed by atoms with Gasteiger partial charge in [-0.15, -0.1) is 0 Å². The lowest BCUT2D eigenvalue weighted by Gasteiger charge is -2.24. The fraction of sp³-hybridized carbons (Fsp3) is 0.400. The van der Waals surface area contributed by atoms with Gasteiger partial charge in [0.1, 0.15) is 18.4 Å². The van der Waals surface area contributed by atoms with E-state index in [1.807, 2.05) is 31.2 Å². The molecule has 1 atom stereocenters. The van der Waals surface area contributed by atoms with Gasteiger partial charge in [-0.1, -0.05) is 41.4 Å². The van der Waals surface area contributed by atoms with Crippen LogP contribution in [0, 0.1) is 6.92 Å². The number of carbonyl (C=O) groups is 3. The summed E-state index contributed by atoms with van der Waals surface area (Å²) in [5, 5.41) is 3.18. The van der Waals surface area contributed by atoms with E-state index in [1.165, 1.54) is 23.6 Å². The number of ether oxygens (including phenoxy) is 2. The van der Waals surface area contributed by atoms with Crippen molar-refractivity contribution in [1.82, 2.24) is 10.2 Å². The zero-order chi connectivity index (χ0) is 23.8. The van der Waals surface area contributed by atoms with Crippen molar-refractivity contribution in [3.63, 3.8) is 0 Å². The average molecular weight is 473 g/mol. The highest BCUT2D eigenvalue weighted by molar-refractivity contribution is 6.31. The van der Waals surface area contributed by atoms with Gasteiger partial charge in [0.2, 0.25) is 5.91 Å². The van der Waals surface area contributed by atoms with Gasteiger partial charge in [-0.25, -0.2) is 4.79 Å². The minimum atomic E-state index is -0.668. The lowest BCUT2D eigenvalue weighted by atomic mass is 10.1. The quantitative estimate of drug-likeness (QED) is 0.445. The van der Waals surface area contributed by atoms with Crippen LogP contribution < -0.4 is 10.1 Å². The molecular formula is C25H29ClN2O5. The Kier molecular flexibility index (Phi) is 8.72. The number of carbonyl (C=O) groups excluding carboxylic acids is 3. The second-order valence-electron chi connectivity index (χ2n) is 8.00. The summed E-state index contributed by atoms with van der Waals surface area (Å²) in [6, 6.07) is 12.2. The minimum absolute atomic E-state index is 0.0497. The summed E-state index contributed by atoms with van der Waals surface area (Å²) in [4.78, 5) is 39.2. The monoisotopic (exact) mass is 472 g/mol. The van der Waals surface area contributed by atoms with E-state index < -0.39 is 12.0 Å². The van der Waals surface area contributed by atoms with Gasteiger partial charge < -0.3 is 19.7 Å². The van der Waals surface area contributed by atoms with Crippen LogP contribution in [0.15, 0.2) is 42.5 Å². The molecule has 7 nitrogen and oxygen atoms in total. The van der Waals surface area contributed by atoms with Gasteiger partial charge in [-0.2, -0.15) is 0 Å². The molecule has 0 bridgehead atoms. The van der Waals surface area contributed by atoms with Crippen LogP contribution in [0.2, 0.25) is 5.02 Å². The van der Waals surface area contributed by atoms with Crippen molar-refractivity contribution in [3.05, 3.63) is 64.2 Å². The third-order valence-electron chi connectivity index (χ3n) is 5.61. The van der Waals surface area contributed by atoms with Crippen molar-refractivity contribution < 1.29 is 23.9 Å². The molecule has 0 spiro atoms. The molecule has 8 heteroatoms. The summed E-state index contributed by atoms with van der Waals surface area (Å²) < 4.78 is 10.6. The molecule has 2 aromatic carbocycles. The Bertz CT molecular complexity index is 993. The molecule has 2 amide bonds. The van der Waals surface area contributed by atoms with Gasteiger partial charge in [-0.05, 0) is 49.9 Å². The fourth-order valence-corrected chi connectivity index (χ4v) is 3.97. The number of methoxy groups -OCH3 is 1. The molecule has 0 radical (unpaired) electrons. The zero-order valence-electron chi connectivity index (χ0n) is 18.9. The second-order valence-corrected chi connectivity index (χ2v) is 8.44. The normalized spacial score (nSPS) is 15.2. The van der Waals surface area contributed by atoms with Crippen molar-refractivity contribution in [3.8, 4) is 5.75 Å². The predicted octanol–water partition coefficient (Wildman–Crippen LogP) is 3.55. The number of likely N-dealkylation sites (tertiary alicyclic amines) is 1. The van der Waals surface area contributed by atoms with Crippen molar-refractivity contribution in [2.45, 2.75) is 38.6 Å². The molecule has 33 heavy (non-hydrogen) atoms. The van der Waals surface area contributed by atoms with Gasteiger partial charge in [0, 0.05) is 18.0 Å². The summed E-state index contributed by atoms with van der Waals surface area (Å²) in [6.07, 6.45) is 2.24. The molecule has 1 N–H and O–H groups in total. The third-order valence-corrected chi connectivity index (χ3v) is 5.84. The molecular weight excluding hydrogens is 444 g/mol. The topological polar surface area (TPSA) is 84.9 Å². The highest BCUT2D eigenvalue weighted by Gasteiger charge is 2.36. The second kappa shape index (κ2) is 11.7. The number of nitrogens with zero attached hydrogens (tertiary/aromatic N) is 1. The Morgan fingerprint density at radius 3 is 2.64 bits per heavy atom. The van der Waals surface area contributed by atoms with E-state index in [0.717, 1.165) is 5.56 Å². The van der Waals surface area contributed by atoms with Crippen LogP contribution in [-0.4, -0.2) is 55.5 Å². The number of hydrogen-bond donors (Lipinski definition) is 1. The Morgan fingerprint density at radius 1 is 1.15 bits per heavy atom. The number of aryl methyl sites for hydroxylation is 2. The molecule has 3 rings (SSSR count). The number of benzene rings is 2. The van der Waals surface area contributed by atoms with Crippen LogP contribution in [0.4, 0.5) is 0 Å². The number of nitrogens with one attached hydrogen (secondary N) is 1. The van der Waals surface area contributed by atoms with Gasteiger partial charge in [0.15, 0.2) is 0 Å². The molecule has 1 saturated heterocycles. The smallest absolute Gasteiger partial charge is 0.328 e. The first-order chi connectivity index (χ1) is 15.9. The molecule has 1 fully saturated rings. The van der Waals surface area contributed by atoms with Gasteiger partial charge >= 0.3 is 5.97 Å². The molecule has 1 unspecified atom stereocenters. The number of amides is 2. The number of esters is 1. The predicted molar refractivity (Wildman–Crippen MR) is 126 cm³/mol. The maximum Gasteiger partial charge on any atom is 0.328 e. The van der Waals surface area contributed by atoms with E-state index in [2.05, 4.69) is 5.32 Å².